The minimum Gasteiger partial charge on any atom is -0.311 e. The first-order valence-electron chi connectivity index (χ1n) is 6.93. The molecule has 2 heterocycles. The molecule has 2 unspecified atom stereocenters. The standard InChI is InChI=1S/C14H22N2S/c1-2-6-14-13(5-1)15-8-10-16(14)9-7-12-4-3-11-17-12/h3-4,11,13-15H,1-2,5-10H2. The fourth-order valence-electron chi connectivity index (χ4n) is 3.33. The van der Waals surface area contributed by atoms with E-state index in [-0.39, 0.29) is 0 Å². The van der Waals surface area contributed by atoms with Crippen molar-refractivity contribution in [2.24, 2.45) is 0 Å². The molecule has 1 N–H and O–H groups in total. The lowest BCUT2D eigenvalue weighted by Crippen LogP contribution is -2.59. The summed E-state index contributed by atoms with van der Waals surface area (Å²) < 4.78 is 0. The van der Waals surface area contributed by atoms with E-state index < -0.39 is 0 Å². The van der Waals surface area contributed by atoms with Crippen LogP contribution in [-0.2, 0) is 6.42 Å². The smallest absolute Gasteiger partial charge is 0.0250 e. The second-order valence-electron chi connectivity index (χ2n) is 5.28. The number of rotatable bonds is 3. The molecule has 1 aromatic rings. The van der Waals surface area contributed by atoms with E-state index in [1.54, 1.807) is 0 Å². The van der Waals surface area contributed by atoms with E-state index in [1.807, 2.05) is 11.3 Å². The monoisotopic (exact) mass is 250 g/mol. The minimum absolute atomic E-state index is 0.779. The van der Waals surface area contributed by atoms with Crippen LogP contribution in [0, 0.1) is 0 Å². The maximum Gasteiger partial charge on any atom is 0.0250 e. The van der Waals surface area contributed by atoms with Gasteiger partial charge in [0.2, 0.25) is 0 Å². The second kappa shape index (κ2) is 5.51. The number of hydrogen-bond donors (Lipinski definition) is 1. The third-order valence-corrected chi connectivity index (χ3v) is 5.17. The van der Waals surface area contributed by atoms with Crippen molar-refractivity contribution >= 4 is 11.3 Å². The van der Waals surface area contributed by atoms with Gasteiger partial charge >= 0.3 is 0 Å². The van der Waals surface area contributed by atoms with Gasteiger partial charge in [-0.1, -0.05) is 18.9 Å². The molecule has 1 aromatic heterocycles. The zero-order valence-electron chi connectivity index (χ0n) is 10.4. The van der Waals surface area contributed by atoms with Gasteiger partial charge in [0.05, 0.1) is 0 Å². The molecule has 3 rings (SSSR count). The average Bonchev–Trinajstić information content (AvgIpc) is 2.89. The average molecular weight is 250 g/mol. The highest BCUT2D eigenvalue weighted by atomic mass is 32.1. The Bertz CT molecular complexity index is 334. The van der Waals surface area contributed by atoms with Crippen LogP contribution in [-0.4, -0.2) is 36.6 Å². The number of fused-ring (bicyclic) bond motifs is 1. The predicted molar refractivity (Wildman–Crippen MR) is 73.6 cm³/mol. The predicted octanol–water partition coefficient (Wildman–Crippen LogP) is 2.51. The summed E-state index contributed by atoms with van der Waals surface area (Å²) in [4.78, 5) is 4.27. The number of thiophene rings is 1. The molecule has 3 heteroatoms. The van der Waals surface area contributed by atoms with Crippen molar-refractivity contribution in [3.63, 3.8) is 0 Å². The Kier molecular flexibility index (Phi) is 3.79. The molecule has 2 aliphatic rings. The maximum absolute atomic E-state index is 3.71. The van der Waals surface area contributed by atoms with Crippen LogP contribution in [0.15, 0.2) is 17.5 Å². The van der Waals surface area contributed by atoms with Gasteiger partial charge in [-0.2, -0.15) is 0 Å². The number of nitrogens with zero attached hydrogens (tertiary/aromatic N) is 1. The molecule has 0 bridgehead atoms. The van der Waals surface area contributed by atoms with Crippen LogP contribution in [0.5, 0.6) is 0 Å². The SMILES string of the molecule is c1csc(CCN2CCNC3CCCCC32)c1. The Hall–Kier alpha value is -0.380. The van der Waals surface area contributed by atoms with E-state index in [4.69, 9.17) is 0 Å². The molecule has 1 aliphatic heterocycles. The molecule has 17 heavy (non-hydrogen) atoms. The van der Waals surface area contributed by atoms with E-state index in [1.165, 1.54) is 56.6 Å². The molecular formula is C14H22N2S. The van der Waals surface area contributed by atoms with Gasteiger partial charge in [0, 0.05) is 36.6 Å². The summed E-state index contributed by atoms with van der Waals surface area (Å²) in [6.07, 6.45) is 6.88. The zero-order chi connectivity index (χ0) is 11.5. The van der Waals surface area contributed by atoms with Crippen molar-refractivity contribution < 1.29 is 0 Å². The molecular weight excluding hydrogens is 228 g/mol. The summed E-state index contributed by atoms with van der Waals surface area (Å²) >= 11 is 1.90. The van der Waals surface area contributed by atoms with Crippen LogP contribution < -0.4 is 5.32 Å². The summed E-state index contributed by atoms with van der Waals surface area (Å²) in [5.74, 6) is 0. The molecule has 94 valence electrons. The van der Waals surface area contributed by atoms with Gasteiger partial charge in [0.15, 0.2) is 0 Å². The van der Waals surface area contributed by atoms with E-state index in [0.29, 0.717) is 0 Å². The van der Waals surface area contributed by atoms with E-state index in [0.717, 1.165) is 12.1 Å². The van der Waals surface area contributed by atoms with Crippen LogP contribution in [0.1, 0.15) is 30.6 Å². The highest BCUT2D eigenvalue weighted by Crippen LogP contribution is 2.25. The van der Waals surface area contributed by atoms with Crippen LogP contribution in [0.4, 0.5) is 0 Å². The van der Waals surface area contributed by atoms with Crippen LogP contribution in [0.3, 0.4) is 0 Å². The van der Waals surface area contributed by atoms with Gasteiger partial charge in [-0.25, -0.2) is 0 Å². The Labute approximate surface area is 108 Å². The normalized spacial score (nSPS) is 30.1. The van der Waals surface area contributed by atoms with E-state index in [2.05, 4.69) is 27.7 Å². The summed E-state index contributed by atoms with van der Waals surface area (Å²) in [6, 6.07) is 6.03. The first kappa shape index (κ1) is 11.7. The summed E-state index contributed by atoms with van der Waals surface area (Å²) in [6.45, 7) is 3.68. The van der Waals surface area contributed by atoms with Crippen molar-refractivity contribution in [1.29, 1.82) is 0 Å². The van der Waals surface area contributed by atoms with Crippen LogP contribution in [0.2, 0.25) is 0 Å². The molecule has 1 saturated carbocycles. The molecule has 0 spiro atoms. The van der Waals surface area contributed by atoms with Gasteiger partial charge in [0.25, 0.3) is 0 Å². The van der Waals surface area contributed by atoms with Gasteiger partial charge in [-0.05, 0) is 30.7 Å². The molecule has 2 atom stereocenters. The van der Waals surface area contributed by atoms with Crippen molar-refractivity contribution in [3.05, 3.63) is 22.4 Å². The Morgan fingerprint density at radius 1 is 1.35 bits per heavy atom. The van der Waals surface area contributed by atoms with Gasteiger partial charge in [-0.15, -0.1) is 11.3 Å². The topological polar surface area (TPSA) is 15.3 Å². The highest BCUT2D eigenvalue weighted by Gasteiger charge is 2.32. The molecule has 2 fully saturated rings. The Morgan fingerprint density at radius 3 is 3.18 bits per heavy atom. The van der Waals surface area contributed by atoms with Gasteiger partial charge in [0.1, 0.15) is 0 Å². The first-order valence-corrected chi connectivity index (χ1v) is 7.81. The van der Waals surface area contributed by atoms with Crippen molar-refractivity contribution in [2.45, 2.75) is 44.2 Å². The van der Waals surface area contributed by atoms with Gasteiger partial charge < -0.3 is 5.32 Å². The fraction of sp³-hybridized carbons (Fsp3) is 0.714. The summed E-state index contributed by atoms with van der Waals surface area (Å²) in [5.41, 5.74) is 0. The first-order chi connectivity index (χ1) is 8.43. The number of piperazine rings is 1. The van der Waals surface area contributed by atoms with Crippen molar-refractivity contribution in [1.82, 2.24) is 10.2 Å². The van der Waals surface area contributed by atoms with Crippen molar-refractivity contribution in [3.8, 4) is 0 Å². The lowest BCUT2D eigenvalue weighted by molar-refractivity contribution is 0.0895. The van der Waals surface area contributed by atoms with Gasteiger partial charge in [-0.3, -0.25) is 4.90 Å². The van der Waals surface area contributed by atoms with Crippen LogP contribution in [0.25, 0.3) is 0 Å². The summed E-state index contributed by atoms with van der Waals surface area (Å²) in [7, 11) is 0. The second-order valence-corrected chi connectivity index (χ2v) is 6.31. The maximum atomic E-state index is 3.71. The third kappa shape index (κ3) is 2.72. The number of hydrogen-bond acceptors (Lipinski definition) is 3. The molecule has 0 amide bonds. The molecule has 0 radical (unpaired) electrons. The zero-order valence-corrected chi connectivity index (χ0v) is 11.2. The summed E-state index contributed by atoms with van der Waals surface area (Å²) in [5, 5.41) is 5.90. The largest absolute Gasteiger partial charge is 0.311 e. The minimum atomic E-state index is 0.779. The highest BCUT2D eigenvalue weighted by molar-refractivity contribution is 7.09. The molecule has 1 saturated heterocycles. The van der Waals surface area contributed by atoms with Crippen LogP contribution >= 0.6 is 11.3 Å². The molecule has 2 nitrogen and oxygen atoms in total. The Morgan fingerprint density at radius 2 is 2.29 bits per heavy atom. The third-order valence-electron chi connectivity index (χ3n) is 4.23. The van der Waals surface area contributed by atoms with E-state index >= 15 is 0 Å². The van der Waals surface area contributed by atoms with Crippen molar-refractivity contribution in [2.75, 3.05) is 19.6 Å². The lowest BCUT2D eigenvalue weighted by atomic mass is 9.87. The fourth-order valence-corrected chi connectivity index (χ4v) is 4.03. The molecule has 1 aliphatic carbocycles. The lowest BCUT2D eigenvalue weighted by Gasteiger charge is -2.44. The Balaban J connectivity index is 1.57. The molecule has 0 aromatic carbocycles. The van der Waals surface area contributed by atoms with E-state index in [9.17, 15) is 0 Å². The quantitative estimate of drug-likeness (QED) is 0.887. The number of nitrogens with one attached hydrogen (secondary N) is 1.